The Morgan fingerprint density at radius 3 is 2.32 bits per heavy atom. The molecule has 3 N–H and O–H groups in total. The Morgan fingerprint density at radius 1 is 1.26 bits per heavy atom. The van der Waals surface area contributed by atoms with Crippen LogP contribution in [0.2, 0.25) is 0 Å². The molecule has 1 unspecified atom stereocenters. The van der Waals surface area contributed by atoms with Gasteiger partial charge in [0.25, 0.3) is 0 Å². The predicted octanol–water partition coefficient (Wildman–Crippen LogP) is 0.877. The molecule has 1 saturated heterocycles. The zero-order valence-corrected chi connectivity index (χ0v) is 12.7. The zero-order chi connectivity index (χ0) is 14.8. The molecule has 0 aromatic heterocycles. The molecular weight excluding hydrogens is 242 g/mol. The number of carbonyl (C=O) groups is 2. The van der Waals surface area contributed by atoms with E-state index in [-0.39, 0.29) is 17.9 Å². The van der Waals surface area contributed by atoms with Crippen molar-refractivity contribution in [3.63, 3.8) is 0 Å². The zero-order valence-electron chi connectivity index (χ0n) is 12.7. The lowest BCUT2D eigenvalue weighted by molar-refractivity contribution is -0.145. The quantitative estimate of drug-likeness (QED) is 0.798. The molecule has 1 atom stereocenters. The normalized spacial score (nSPS) is 21.2. The van der Waals surface area contributed by atoms with Crippen LogP contribution >= 0.6 is 0 Å². The Labute approximate surface area is 115 Å². The summed E-state index contributed by atoms with van der Waals surface area (Å²) in [6.45, 7) is 10.4. The average Bonchev–Trinajstić information content (AvgIpc) is 2.25. The predicted molar refractivity (Wildman–Crippen MR) is 75.5 cm³/mol. The molecule has 0 aliphatic carbocycles. The summed E-state index contributed by atoms with van der Waals surface area (Å²) in [5, 5.41) is 2.89. The third kappa shape index (κ3) is 3.69. The molecule has 1 rings (SSSR count). The first-order chi connectivity index (χ1) is 8.55. The van der Waals surface area contributed by atoms with Crippen LogP contribution in [-0.4, -0.2) is 41.4 Å². The van der Waals surface area contributed by atoms with Gasteiger partial charge in [0.15, 0.2) is 0 Å². The van der Waals surface area contributed by atoms with Gasteiger partial charge in [0.2, 0.25) is 11.8 Å². The Hall–Kier alpha value is -1.10. The Morgan fingerprint density at radius 2 is 1.84 bits per heavy atom. The molecule has 5 heteroatoms. The van der Waals surface area contributed by atoms with Crippen LogP contribution in [-0.2, 0) is 9.59 Å². The van der Waals surface area contributed by atoms with Gasteiger partial charge in [0.1, 0.15) is 0 Å². The molecule has 1 heterocycles. The lowest BCUT2D eigenvalue weighted by Gasteiger charge is -2.43. The third-order valence-electron chi connectivity index (χ3n) is 4.26. The third-order valence-corrected chi connectivity index (χ3v) is 4.26. The number of nitrogens with two attached hydrogens (primary N) is 1. The summed E-state index contributed by atoms with van der Waals surface area (Å²) < 4.78 is 0. The largest absolute Gasteiger partial charge is 0.352 e. The maximum atomic E-state index is 12.6. The van der Waals surface area contributed by atoms with Gasteiger partial charge >= 0.3 is 0 Å². The number of carbonyl (C=O) groups excluding carboxylic acids is 2. The van der Waals surface area contributed by atoms with E-state index in [4.69, 9.17) is 5.73 Å². The van der Waals surface area contributed by atoms with Crippen molar-refractivity contribution in [3.05, 3.63) is 0 Å². The topological polar surface area (TPSA) is 75.4 Å². The molecular formula is C14H27N3O2. The van der Waals surface area contributed by atoms with Gasteiger partial charge in [-0.15, -0.1) is 0 Å². The van der Waals surface area contributed by atoms with Crippen molar-refractivity contribution in [2.75, 3.05) is 13.1 Å². The SMILES string of the molecule is CC(=O)NC1CCCN(C(=O)C(C)(C)C(C)(C)N)C1. The average molecular weight is 269 g/mol. The first-order valence-corrected chi connectivity index (χ1v) is 6.91. The van der Waals surface area contributed by atoms with E-state index in [1.165, 1.54) is 6.92 Å². The highest BCUT2D eigenvalue weighted by Gasteiger charge is 2.43. The van der Waals surface area contributed by atoms with Crippen molar-refractivity contribution in [3.8, 4) is 0 Å². The van der Waals surface area contributed by atoms with Crippen molar-refractivity contribution in [2.24, 2.45) is 11.1 Å². The summed E-state index contributed by atoms with van der Waals surface area (Å²) >= 11 is 0. The van der Waals surface area contributed by atoms with Crippen LogP contribution in [0.4, 0.5) is 0 Å². The van der Waals surface area contributed by atoms with E-state index in [1.54, 1.807) is 0 Å². The molecule has 0 radical (unpaired) electrons. The monoisotopic (exact) mass is 269 g/mol. The van der Waals surface area contributed by atoms with E-state index < -0.39 is 11.0 Å². The van der Waals surface area contributed by atoms with Crippen molar-refractivity contribution < 1.29 is 9.59 Å². The standard InChI is InChI=1S/C14H27N3O2/c1-10(18)16-11-7-6-8-17(9-11)12(19)13(2,3)14(4,5)15/h11H,6-9,15H2,1-5H3,(H,16,18). The molecule has 1 aliphatic rings. The summed E-state index contributed by atoms with van der Waals surface area (Å²) in [7, 11) is 0. The molecule has 2 amide bonds. The molecule has 1 fully saturated rings. The molecule has 0 saturated carbocycles. The first-order valence-electron chi connectivity index (χ1n) is 6.91. The van der Waals surface area contributed by atoms with Gasteiger partial charge in [-0.25, -0.2) is 0 Å². The van der Waals surface area contributed by atoms with Crippen molar-refractivity contribution in [1.82, 2.24) is 10.2 Å². The fraction of sp³-hybridized carbons (Fsp3) is 0.857. The second-order valence-corrected chi connectivity index (χ2v) is 6.64. The maximum absolute atomic E-state index is 12.6. The van der Waals surface area contributed by atoms with Crippen LogP contribution in [0.25, 0.3) is 0 Å². The summed E-state index contributed by atoms with van der Waals surface area (Å²) in [6, 6.07) is 0.0619. The fourth-order valence-corrected chi connectivity index (χ4v) is 2.24. The Balaban J connectivity index is 2.75. The van der Waals surface area contributed by atoms with Crippen LogP contribution in [0.1, 0.15) is 47.5 Å². The number of piperidine rings is 1. The minimum absolute atomic E-state index is 0.0438. The van der Waals surface area contributed by atoms with Crippen LogP contribution in [0.5, 0.6) is 0 Å². The maximum Gasteiger partial charge on any atom is 0.230 e. The Bertz CT molecular complexity index is 358. The van der Waals surface area contributed by atoms with E-state index in [2.05, 4.69) is 5.32 Å². The van der Waals surface area contributed by atoms with E-state index in [0.29, 0.717) is 6.54 Å². The molecule has 0 aromatic rings. The summed E-state index contributed by atoms with van der Waals surface area (Å²) in [5.74, 6) is 0.0211. The summed E-state index contributed by atoms with van der Waals surface area (Å²) in [4.78, 5) is 25.6. The van der Waals surface area contributed by atoms with Crippen LogP contribution in [0, 0.1) is 5.41 Å². The molecule has 0 spiro atoms. The van der Waals surface area contributed by atoms with Crippen LogP contribution in [0.15, 0.2) is 0 Å². The van der Waals surface area contributed by atoms with Gasteiger partial charge in [0.05, 0.1) is 5.41 Å². The van der Waals surface area contributed by atoms with Gasteiger partial charge in [-0.3, -0.25) is 9.59 Å². The van der Waals surface area contributed by atoms with E-state index in [9.17, 15) is 9.59 Å². The highest BCUT2D eigenvalue weighted by Crippen LogP contribution is 2.31. The number of rotatable bonds is 3. The van der Waals surface area contributed by atoms with Gasteiger partial charge < -0.3 is 16.0 Å². The highest BCUT2D eigenvalue weighted by atomic mass is 16.2. The smallest absolute Gasteiger partial charge is 0.230 e. The molecule has 0 bridgehead atoms. The minimum Gasteiger partial charge on any atom is -0.352 e. The van der Waals surface area contributed by atoms with Crippen LogP contribution < -0.4 is 11.1 Å². The second kappa shape index (κ2) is 5.49. The van der Waals surface area contributed by atoms with E-state index in [0.717, 1.165) is 19.4 Å². The van der Waals surface area contributed by atoms with E-state index in [1.807, 2.05) is 32.6 Å². The summed E-state index contributed by atoms with van der Waals surface area (Å²) in [6.07, 6.45) is 1.84. The van der Waals surface area contributed by atoms with E-state index >= 15 is 0 Å². The van der Waals surface area contributed by atoms with Crippen molar-refractivity contribution in [1.29, 1.82) is 0 Å². The van der Waals surface area contributed by atoms with Crippen LogP contribution in [0.3, 0.4) is 0 Å². The fourth-order valence-electron chi connectivity index (χ4n) is 2.24. The minimum atomic E-state index is -0.620. The first kappa shape index (κ1) is 16.0. The molecule has 110 valence electrons. The van der Waals surface area contributed by atoms with Gasteiger partial charge in [-0.1, -0.05) is 0 Å². The number of nitrogens with zero attached hydrogens (tertiary/aromatic N) is 1. The number of amides is 2. The number of nitrogens with one attached hydrogen (secondary N) is 1. The van der Waals surface area contributed by atoms with Crippen molar-refractivity contribution in [2.45, 2.75) is 59.0 Å². The molecule has 5 nitrogen and oxygen atoms in total. The molecule has 1 aliphatic heterocycles. The number of hydrogen-bond acceptors (Lipinski definition) is 3. The lowest BCUT2D eigenvalue weighted by atomic mass is 9.74. The second-order valence-electron chi connectivity index (χ2n) is 6.64. The molecule has 0 aromatic carbocycles. The van der Waals surface area contributed by atoms with Gasteiger partial charge in [-0.2, -0.15) is 0 Å². The van der Waals surface area contributed by atoms with Gasteiger partial charge in [0, 0.05) is 31.6 Å². The lowest BCUT2D eigenvalue weighted by Crippen LogP contribution is -2.59. The summed E-state index contributed by atoms with van der Waals surface area (Å²) in [5.41, 5.74) is 4.92. The van der Waals surface area contributed by atoms with Crippen molar-refractivity contribution >= 4 is 11.8 Å². The van der Waals surface area contributed by atoms with Gasteiger partial charge in [-0.05, 0) is 40.5 Å². The Kier molecular flexibility index (Phi) is 4.61. The highest BCUT2D eigenvalue weighted by molar-refractivity contribution is 5.83. The molecule has 19 heavy (non-hydrogen) atoms. The number of hydrogen-bond donors (Lipinski definition) is 2. The number of likely N-dealkylation sites (tertiary alicyclic amines) is 1.